The highest BCUT2D eigenvalue weighted by molar-refractivity contribution is 5.97. The molecule has 2 aliphatic heterocycles. The van der Waals surface area contributed by atoms with Gasteiger partial charge < -0.3 is 19.9 Å². The topological polar surface area (TPSA) is 74.8 Å². The van der Waals surface area contributed by atoms with Crippen LogP contribution in [0.25, 0.3) is 0 Å². The molecule has 0 spiro atoms. The lowest BCUT2D eigenvalue weighted by Gasteiger charge is -2.32. The first-order valence-corrected chi connectivity index (χ1v) is 10.6. The number of hydrogen-bond acceptors (Lipinski definition) is 5. The molecule has 30 heavy (non-hydrogen) atoms. The number of aromatic nitrogens is 1. The molecule has 158 valence electrons. The number of nitrogens with zero attached hydrogens (tertiary/aromatic N) is 3. The van der Waals surface area contributed by atoms with Crippen molar-refractivity contribution in [2.45, 2.75) is 38.5 Å². The number of pyridine rings is 1. The van der Waals surface area contributed by atoms with E-state index >= 15 is 0 Å². The van der Waals surface area contributed by atoms with E-state index in [1.54, 1.807) is 23.2 Å². The Balaban J connectivity index is 1.33. The standard InChI is InChI=1S/C23H28N4O3/c1-17-16-26(12-13-30-17)21-10-9-18(14-24-21)15-25-22(28)20-8-5-11-27(20)23(29)19-6-3-2-4-7-19/h2-4,6-7,9-10,14,17,20H,5,8,11-13,15-16H2,1H3,(H,25,28). The monoisotopic (exact) mass is 408 g/mol. The SMILES string of the molecule is CC1CN(c2ccc(CNC(=O)C3CCCN3C(=O)c3ccccc3)cn2)CCO1. The van der Waals surface area contributed by atoms with E-state index in [0.29, 0.717) is 31.7 Å². The third-order valence-electron chi connectivity index (χ3n) is 5.68. The van der Waals surface area contributed by atoms with Crippen LogP contribution in [0, 0.1) is 0 Å². The molecule has 2 saturated heterocycles. The van der Waals surface area contributed by atoms with Crippen LogP contribution in [0.5, 0.6) is 0 Å². The third-order valence-corrected chi connectivity index (χ3v) is 5.68. The van der Waals surface area contributed by atoms with Crippen LogP contribution in [0.3, 0.4) is 0 Å². The predicted molar refractivity (Wildman–Crippen MR) is 114 cm³/mol. The van der Waals surface area contributed by atoms with Gasteiger partial charge in [0.15, 0.2) is 0 Å². The number of rotatable bonds is 5. The van der Waals surface area contributed by atoms with E-state index in [4.69, 9.17) is 4.74 Å². The minimum atomic E-state index is -0.417. The largest absolute Gasteiger partial charge is 0.375 e. The molecule has 0 radical (unpaired) electrons. The molecule has 7 heteroatoms. The zero-order valence-electron chi connectivity index (χ0n) is 17.3. The smallest absolute Gasteiger partial charge is 0.254 e. The van der Waals surface area contributed by atoms with E-state index in [9.17, 15) is 9.59 Å². The quantitative estimate of drug-likeness (QED) is 0.821. The summed E-state index contributed by atoms with van der Waals surface area (Å²) in [6.45, 7) is 5.44. The summed E-state index contributed by atoms with van der Waals surface area (Å²) < 4.78 is 5.58. The molecule has 2 atom stereocenters. The van der Waals surface area contributed by atoms with Crippen LogP contribution < -0.4 is 10.2 Å². The van der Waals surface area contributed by atoms with Gasteiger partial charge >= 0.3 is 0 Å². The summed E-state index contributed by atoms with van der Waals surface area (Å²) in [5.41, 5.74) is 1.56. The zero-order chi connectivity index (χ0) is 20.9. The van der Waals surface area contributed by atoms with Gasteiger partial charge in [0.05, 0.1) is 12.7 Å². The lowest BCUT2D eigenvalue weighted by Crippen LogP contribution is -2.45. The van der Waals surface area contributed by atoms with Crippen molar-refractivity contribution in [2.75, 3.05) is 31.1 Å². The summed E-state index contributed by atoms with van der Waals surface area (Å²) in [5, 5.41) is 2.98. The fourth-order valence-corrected chi connectivity index (χ4v) is 4.07. The van der Waals surface area contributed by atoms with Crippen LogP contribution in [0.1, 0.15) is 35.7 Å². The molecule has 1 aromatic heterocycles. The number of anilines is 1. The molecular formula is C23H28N4O3. The molecule has 4 rings (SSSR count). The molecule has 1 aromatic carbocycles. The molecule has 0 aliphatic carbocycles. The fourth-order valence-electron chi connectivity index (χ4n) is 4.07. The Labute approximate surface area is 177 Å². The molecule has 2 aromatic rings. The number of likely N-dealkylation sites (tertiary alicyclic amines) is 1. The lowest BCUT2D eigenvalue weighted by molar-refractivity contribution is -0.125. The molecule has 2 amide bonds. The van der Waals surface area contributed by atoms with Crippen LogP contribution in [0.4, 0.5) is 5.82 Å². The Morgan fingerprint density at radius 3 is 2.73 bits per heavy atom. The summed E-state index contributed by atoms with van der Waals surface area (Å²) in [5.74, 6) is 0.734. The maximum Gasteiger partial charge on any atom is 0.254 e. The van der Waals surface area contributed by atoms with E-state index in [-0.39, 0.29) is 17.9 Å². The molecule has 7 nitrogen and oxygen atoms in total. The van der Waals surface area contributed by atoms with Crippen molar-refractivity contribution in [3.8, 4) is 0 Å². The zero-order valence-corrected chi connectivity index (χ0v) is 17.3. The highest BCUT2D eigenvalue weighted by atomic mass is 16.5. The molecule has 2 aliphatic rings. The van der Waals surface area contributed by atoms with Gasteiger partial charge in [-0.05, 0) is 43.5 Å². The summed E-state index contributed by atoms with van der Waals surface area (Å²) >= 11 is 0. The highest BCUT2D eigenvalue weighted by Crippen LogP contribution is 2.21. The first-order chi connectivity index (χ1) is 14.6. The first-order valence-electron chi connectivity index (χ1n) is 10.6. The Hall–Kier alpha value is -2.93. The van der Waals surface area contributed by atoms with Crippen molar-refractivity contribution in [1.82, 2.24) is 15.2 Å². The van der Waals surface area contributed by atoms with Crippen LogP contribution in [0.15, 0.2) is 48.7 Å². The van der Waals surface area contributed by atoms with Crippen molar-refractivity contribution in [3.05, 3.63) is 59.8 Å². The number of amides is 2. The van der Waals surface area contributed by atoms with Crippen LogP contribution in [-0.4, -0.2) is 60.1 Å². The molecule has 2 fully saturated rings. The maximum absolute atomic E-state index is 12.8. The van der Waals surface area contributed by atoms with E-state index in [1.165, 1.54) is 0 Å². The van der Waals surface area contributed by atoms with Crippen LogP contribution >= 0.6 is 0 Å². The first kappa shape index (κ1) is 20.3. The van der Waals surface area contributed by atoms with Crippen molar-refractivity contribution >= 4 is 17.6 Å². The summed E-state index contributed by atoms with van der Waals surface area (Å²) in [6.07, 6.45) is 3.53. The second-order valence-corrected chi connectivity index (χ2v) is 7.89. The van der Waals surface area contributed by atoms with Crippen molar-refractivity contribution in [3.63, 3.8) is 0 Å². The number of ether oxygens (including phenoxy) is 1. The second-order valence-electron chi connectivity index (χ2n) is 7.89. The van der Waals surface area contributed by atoms with Crippen LogP contribution in [0.2, 0.25) is 0 Å². The van der Waals surface area contributed by atoms with Gasteiger partial charge in [-0.3, -0.25) is 9.59 Å². The van der Waals surface area contributed by atoms with E-state index in [0.717, 1.165) is 30.9 Å². The molecule has 1 N–H and O–H groups in total. The van der Waals surface area contributed by atoms with Crippen molar-refractivity contribution < 1.29 is 14.3 Å². The molecular weight excluding hydrogens is 380 g/mol. The van der Waals surface area contributed by atoms with Gasteiger partial charge in [0, 0.05) is 37.9 Å². The van der Waals surface area contributed by atoms with E-state index < -0.39 is 6.04 Å². The molecule has 2 unspecified atom stereocenters. The minimum absolute atomic E-state index is 0.0843. The van der Waals surface area contributed by atoms with Gasteiger partial charge in [0.2, 0.25) is 5.91 Å². The van der Waals surface area contributed by atoms with Crippen molar-refractivity contribution in [1.29, 1.82) is 0 Å². The van der Waals surface area contributed by atoms with Gasteiger partial charge in [-0.2, -0.15) is 0 Å². The van der Waals surface area contributed by atoms with Gasteiger partial charge in [-0.1, -0.05) is 24.3 Å². The highest BCUT2D eigenvalue weighted by Gasteiger charge is 2.34. The Kier molecular flexibility index (Phi) is 6.28. The van der Waals surface area contributed by atoms with Crippen molar-refractivity contribution in [2.24, 2.45) is 0 Å². The number of hydrogen-bond donors (Lipinski definition) is 1. The number of carbonyl (C=O) groups is 2. The van der Waals surface area contributed by atoms with Gasteiger partial charge in [0.1, 0.15) is 11.9 Å². The van der Waals surface area contributed by atoms with E-state index in [2.05, 4.69) is 22.1 Å². The average Bonchev–Trinajstić information content (AvgIpc) is 3.28. The number of benzene rings is 1. The predicted octanol–water partition coefficient (Wildman–Crippen LogP) is 2.23. The lowest BCUT2D eigenvalue weighted by atomic mass is 10.1. The summed E-state index contributed by atoms with van der Waals surface area (Å²) in [4.78, 5) is 34.0. The second kappa shape index (κ2) is 9.26. The van der Waals surface area contributed by atoms with Gasteiger partial charge in [-0.15, -0.1) is 0 Å². The maximum atomic E-state index is 12.8. The fraction of sp³-hybridized carbons (Fsp3) is 0.435. The Bertz CT molecular complexity index is 872. The molecule has 3 heterocycles. The summed E-state index contributed by atoms with van der Waals surface area (Å²) in [6, 6.07) is 12.7. The van der Waals surface area contributed by atoms with Gasteiger partial charge in [0.25, 0.3) is 5.91 Å². The van der Waals surface area contributed by atoms with Gasteiger partial charge in [-0.25, -0.2) is 4.98 Å². The normalized spacial score (nSPS) is 21.5. The average molecular weight is 409 g/mol. The number of carbonyl (C=O) groups excluding carboxylic acids is 2. The Morgan fingerprint density at radius 2 is 2.00 bits per heavy atom. The van der Waals surface area contributed by atoms with E-state index in [1.807, 2.05) is 30.3 Å². The number of nitrogens with one attached hydrogen (secondary N) is 1. The minimum Gasteiger partial charge on any atom is -0.375 e. The summed E-state index contributed by atoms with van der Waals surface area (Å²) in [7, 11) is 0. The van der Waals surface area contributed by atoms with Crippen LogP contribution in [-0.2, 0) is 16.1 Å². The third kappa shape index (κ3) is 4.62. The molecule has 0 bridgehead atoms. The molecule has 0 saturated carbocycles. The number of morpholine rings is 1. The Morgan fingerprint density at radius 1 is 1.17 bits per heavy atom.